The zero-order valence-electron chi connectivity index (χ0n) is 22.9. The molecule has 212 valence electrons. The van der Waals surface area contributed by atoms with Crippen molar-refractivity contribution in [3.8, 4) is 5.75 Å². The van der Waals surface area contributed by atoms with E-state index >= 15 is 0 Å². The Kier molecular flexibility index (Phi) is 8.70. The molecule has 1 saturated heterocycles. The molecule has 0 aliphatic carbocycles. The fourth-order valence-corrected chi connectivity index (χ4v) is 6.48. The van der Waals surface area contributed by atoms with Gasteiger partial charge in [-0.3, -0.25) is 14.5 Å². The Labute approximate surface area is 230 Å². The second-order valence-corrected chi connectivity index (χ2v) is 11.0. The fraction of sp³-hybridized carbons (Fsp3) is 0.500. The van der Waals surface area contributed by atoms with E-state index in [1.54, 1.807) is 13.2 Å². The predicted molar refractivity (Wildman–Crippen MR) is 148 cm³/mol. The van der Waals surface area contributed by atoms with Gasteiger partial charge in [-0.1, -0.05) is 6.07 Å². The second kappa shape index (κ2) is 11.7. The number of nitrogens with zero attached hydrogens (tertiary/aromatic N) is 2. The van der Waals surface area contributed by atoms with E-state index in [9.17, 15) is 22.8 Å². The van der Waals surface area contributed by atoms with Crippen LogP contribution in [-0.2, 0) is 6.54 Å². The van der Waals surface area contributed by atoms with E-state index in [4.69, 9.17) is 4.74 Å². The van der Waals surface area contributed by atoms with Crippen molar-refractivity contribution in [3.63, 3.8) is 0 Å². The number of alkyl halides is 3. The Bertz CT molecular complexity index is 1410. The minimum Gasteiger partial charge on any atom is -0.496 e. The number of H-pyrrole nitrogens is 1. The average molecular weight is 565 g/mol. The van der Waals surface area contributed by atoms with Gasteiger partial charge in [0.25, 0.3) is 11.5 Å². The summed E-state index contributed by atoms with van der Waals surface area (Å²) in [5.41, 5.74) is 3.07. The van der Waals surface area contributed by atoms with Crippen LogP contribution in [0.2, 0.25) is 0 Å². The Morgan fingerprint density at radius 2 is 1.95 bits per heavy atom. The van der Waals surface area contributed by atoms with Gasteiger partial charge in [-0.2, -0.15) is 13.2 Å². The molecule has 0 radical (unpaired) electrons. The fourth-order valence-electron chi connectivity index (χ4n) is 5.78. The van der Waals surface area contributed by atoms with Crippen LogP contribution in [0, 0.1) is 19.8 Å². The molecule has 2 N–H and O–H groups in total. The SMILES string of the molecule is COc1cccc2c1c(C(=O)NCc1c(SC)cc(C)[nH]c1=O)c(C)n2C(C)C1CCN(CC(F)(F)F)CC1. The average Bonchev–Trinajstić information content (AvgIpc) is 3.18. The Morgan fingerprint density at radius 3 is 2.56 bits per heavy atom. The van der Waals surface area contributed by atoms with Crippen LogP contribution in [0.15, 0.2) is 34.0 Å². The molecule has 0 bridgehead atoms. The van der Waals surface area contributed by atoms with Gasteiger partial charge in [-0.25, -0.2) is 0 Å². The number of aromatic amines is 1. The number of methoxy groups -OCH3 is 1. The summed E-state index contributed by atoms with van der Waals surface area (Å²) in [4.78, 5) is 31.3. The summed E-state index contributed by atoms with van der Waals surface area (Å²) in [5, 5.41) is 3.62. The summed E-state index contributed by atoms with van der Waals surface area (Å²) < 4.78 is 46.4. The monoisotopic (exact) mass is 564 g/mol. The third-order valence-corrected chi connectivity index (χ3v) is 8.49. The molecule has 39 heavy (non-hydrogen) atoms. The first kappa shape index (κ1) is 29.1. The van der Waals surface area contributed by atoms with Gasteiger partial charge in [-0.05, 0) is 77.1 Å². The zero-order valence-corrected chi connectivity index (χ0v) is 23.7. The highest BCUT2D eigenvalue weighted by molar-refractivity contribution is 7.98. The number of aromatic nitrogens is 2. The number of fused-ring (bicyclic) bond motifs is 1. The van der Waals surface area contributed by atoms with Crippen LogP contribution < -0.4 is 15.6 Å². The number of piperidine rings is 1. The number of likely N-dealkylation sites (tertiary alicyclic amines) is 1. The van der Waals surface area contributed by atoms with Crippen LogP contribution in [0.5, 0.6) is 5.75 Å². The molecule has 0 spiro atoms. The molecule has 11 heteroatoms. The van der Waals surface area contributed by atoms with Crippen molar-refractivity contribution in [2.75, 3.05) is 33.0 Å². The number of aryl methyl sites for hydroxylation is 1. The van der Waals surface area contributed by atoms with Gasteiger partial charge in [0.1, 0.15) is 5.75 Å². The topological polar surface area (TPSA) is 79.4 Å². The summed E-state index contributed by atoms with van der Waals surface area (Å²) in [6.45, 7) is 5.71. The standard InChI is InChI=1S/C28H35F3N4O3S/c1-16-13-23(39-5)20(26(36)33-16)14-32-27(37)24-18(3)35(21-7-6-8-22(38-4)25(21)24)17(2)19-9-11-34(12-10-19)15-28(29,30)31/h6-8,13,17,19H,9-12,14-15H2,1-5H3,(H,32,37)(H,33,36). The van der Waals surface area contributed by atoms with Crippen LogP contribution in [0.25, 0.3) is 10.9 Å². The molecule has 1 fully saturated rings. The summed E-state index contributed by atoms with van der Waals surface area (Å²) in [7, 11) is 1.56. The summed E-state index contributed by atoms with van der Waals surface area (Å²) in [6, 6.07) is 7.45. The molecule has 1 aliphatic rings. The van der Waals surface area contributed by atoms with Crippen LogP contribution in [0.1, 0.15) is 53.1 Å². The third kappa shape index (κ3) is 6.14. The molecular weight excluding hydrogens is 529 g/mol. The van der Waals surface area contributed by atoms with Gasteiger partial charge >= 0.3 is 6.18 Å². The quantitative estimate of drug-likeness (QED) is 0.356. The molecule has 1 amide bonds. The zero-order chi connectivity index (χ0) is 28.5. The lowest BCUT2D eigenvalue weighted by Crippen LogP contribution is -2.41. The highest BCUT2D eigenvalue weighted by Gasteiger charge is 2.35. The first-order valence-electron chi connectivity index (χ1n) is 13.0. The lowest BCUT2D eigenvalue weighted by Gasteiger charge is -2.36. The van der Waals surface area contributed by atoms with E-state index in [1.807, 2.05) is 38.3 Å². The van der Waals surface area contributed by atoms with Gasteiger partial charge in [0.05, 0.1) is 30.1 Å². The molecule has 7 nitrogen and oxygen atoms in total. The maximum Gasteiger partial charge on any atom is 0.401 e. The highest BCUT2D eigenvalue weighted by atomic mass is 32.2. The predicted octanol–water partition coefficient (Wildman–Crippen LogP) is 5.44. The largest absolute Gasteiger partial charge is 0.496 e. The second-order valence-electron chi connectivity index (χ2n) is 10.2. The van der Waals surface area contributed by atoms with Crippen LogP contribution in [-0.4, -0.2) is 59.5 Å². The van der Waals surface area contributed by atoms with Crippen molar-refractivity contribution in [2.24, 2.45) is 5.92 Å². The van der Waals surface area contributed by atoms with Gasteiger partial charge in [0.15, 0.2) is 0 Å². The van der Waals surface area contributed by atoms with Crippen LogP contribution >= 0.6 is 11.8 Å². The maximum absolute atomic E-state index is 13.7. The number of benzene rings is 1. The molecule has 0 saturated carbocycles. The van der Waals surface area contributed by atoms with Crippen LogP contribution in [0.3, 0.4) is 0 Å². The van der Waals surface area contributed by atoms with Crippen molar-refractivity contribution >= 4 is 28.6 Å². The van der Waals surface area contributed by atoms with Gasteiger partial charge in [-0.15, -0.1) is 11.8 Å². The first-order chi connectivity index (χ1) is 18.4. The van der Waals surface area contributed by atoms with Crippen molar-refractivity contribution < 1.29 is 22.7 Å². The Balaban J connectivity index is 1.65. The minimum atomic E-state index is -4.20. The normalized spacial score (nSPS) is 16.0. The Hall–Kier alpha value is -2.92. The molecule has 1 unspecified atom stereocenters. The molecule has 3 heterocycles. The van der Waals surface area contributed by atoms with E-state index in [0.29, 0.717) is 48.2 Å². The molecule has 2 aromatic heterocycles. The third-order valence-electron chi connectivity index (χ3n) is 7.68. The summed E-state index contributed by atoms with van der Waals surface area (Å²) in [5.74, 6) is 0.394. The maximum atomic E-state index is 13.7. The molecule has 3 aromatic rings. The van der Waals surface area contributed by atoms with E-state index < -0.39 is 12.7 Å². The van der Waals surface area contributed by atoms with Gasteiger partial charge in [0, 0.05) is 34.4 Å². The van der Waals surface area contributed by atoms with E-state index in [-0.39, 0.29) is 30.0 Å². The number of rotatable bonds is 8. The van der Waals surface area contributed by atoms with E-state index in [2.05, 4.69) is 21.8 Å². The van der Waals surface area contributed by atoms with Crippen molar-refractivity contribution in [1.29, 1.82) is 0 Å². The van der Waals surface area contributed by atoms with E-state index in [0.717, 1.165) is 21.8 Å². The number of nitrogens with one attached hydrogen (secondary N) is 2. The number of ether oxygens (including phenoxy) is 1. The van der Waals surface area contributed by atoms with Gasteiger partial charge in [0.2, 0.25) is 0 Å². The number of pyridine rings is 1. The van der Waals surface area contributed by atoms with Crippen molar-refractivity contribution in [2.45, 2.75) is 57.3 Å². The number of carbonyl (C=O) groups excluding carboxylic acids is 1. The lowest BCUT2D eigenvalue weighted by atomic mass is 9.90. The molecule has 1 atom stereocenters. The minimum absolute atomic E-state index is 0.0442. The summed E-state index contributed by atoms with van der Waals surface area (Å²) in [6.07, 6.45) is -1.05. The first-order valence-corrected chi connectivity index (χ1v) is 14.2. The van der Waals surface area contributed by atoms with E-state index in [1.165, 1.54) is 16.7 Å². The number of carbonyl (C=O) groups is 1. The number of thioether (sulfide) groups is 1. The number of hydrogen-bond donors (Lipinski definition) is 2. The van der Waals surface area contributed by atoms with Crippen molar-refractivity contribution in [1.82, 2.24) is 19.8 Å². The van der Waals surface area contributed by atoms with Gasteiger partial charge < -0.3 is 19.6 Å². The Morgan fingerprint density at radius 1 is 1.26 bits per heavy atom. The molecule has 1 aromatic carbocycles. The number of amides is 1. The smallest absolute Gasteiger partial charge is 0.401 e. The van der Waals surface area contributed by atoms with Crippen LogP contribution in [0.4, 0.5) is 13.2 Å². The lowest BCUT2D eigenvalue weighted by molar-refractivity contribution is -0.149. The molecular formula is C28H35F3N4O3S. The number of hydrogen-bond acceptors (Lipinski definition) is 5. The summed E-state index contributed by atoms with van der Waals surface area (Å²) >= 11 is 1.45. The number of halogens is 3. The molecule has 4 rings (SSSR count). The molecule has 1 aliphatic heterocycles. The van der Waals surface area contributed by atoms with Crippen molar-refractivity contribution in [3.05, 3.63) is 57.1 Å². The highest BCUT2D eigenvalue weighted by Crippen LogP contribution is 2.39.